The number of nitrogens with one attached hydrogen (secondary N) is 2. The number of hydrogen-bond donors (Lipinski definition) is 2. The van der Waals surface area contributed by atoms with Gasteiger partial charge in [-0.15, -0.1) is 0 Å². The second-order valence-electron chi connectivity index (χ2n) is 5.07. The normalized spacial score (nSPS) is 13.6. The van der Waals surface area contributed by atoms with Crippen molar-refractivity contribution in [1.82, 2.24) is 0 Å². The molecule has 0 bridgehead atoms. The van der Waals surface area contributed by atoms with E-state index in [1.54, 1.807) is 6.92 Å². The molecule has 0 radical (unpaired) electrons. The van der Waals surface area contributed by atoms with Crippen molar-refractivity contribution in [3.05, 3.63) is 47.9 Å². The molecule has 2 aromatic rings. The first-order valence-corrected chi connectivity index (χ1v) is 7.09. The third kappa shape index (κ3) is 2.59. The van der Waals surface area contributed by atoms with Crippen LogP contribution in [0.25, 0.3) is 10.8 Å². The van der Waals surface area contributed by atoms with E-state index in [0.717, 1.165) is 16.8 Å². The molecule has 2 aromatic carbocycles. The minimum atomic E-state index is -0.310. The van der Waals surface area contributed by atoms with E-state index in [2.05, 4.69) is 34.7 Å². The van der Waals surface area contributed by atoms with Gasteiger partial charge in [-0.05, 0) is 31.4 Å². The van der Waals surface area contributed by atoms with Gasteiger partial charge in [0.2, 0.25) is 0 Å². The van der Waals surface area contributed by atoms with Crippen LogP contribution in [0.3, 0.4) is 0 Å². The molecule has 4 nitrogen and oxygen atoms in total. The van der Waals surface area contributed by atoms with Gasteiger partial charge < -0.3 is 15.2 Å². The maximum atomic E-state index is 11.6. The third-order valence-electron chi connectivity index (χ3n) is 3.59. The molecule has 21 heavy (non-hydrogen) atoms. The number of benzene rings is 2. The molecule has 0 amide bonds. The van der Waals surface area contributed by atoms with Crippen molar-refractivity contribution >= 4 is 35.1 Å². The van der Waals surface area contributed by atoms with Gasteiger partial charge in [-0.3, -0.25) is 0 Å². The largest absolute Gasteiger partial charge is 0.463 e. The smallest absolute Gasteiger partial charge is 0.401 e. The van der Waals surface area contributed by atoms with Gasteiger partial charge in [-0.1, -0.05) is 29.7 Å². The van der Waals surface area contributed by atoms with E-state index in [1.807, 2.05) is 19.1 Å². The molecule has 0 atom stereocenters. The highest BCUT2D eigenvalue weighted by Crippen LogP contribution is 2.34. The fraction of sp³-hybridized carbons (Fsp3) is 0.188. The van der Waals surface area contributed by atoms with Crippen molar-refractivity contribution in [3.63, 3.8) is 0 Å². The topological polar surface area (TPSA) is 50.4 Å². The van der Waals surface area contributed by atoms with E-state index in [4.69, 9.17) is 4.74 Å². The molecule has 0 aliphatic carbocycles. The molecule has 0 saturated carbocycles. The van der Waals surface area contributed by atoms with E-state index >= 15 is 0 Å². The summed E-state index contributed by atoms with van der Waals surface area (Å²) in [6.45, 7) is 3.98. The Labute approximate surface area is 124 Å². The second-order valence-corrected chi connectivity index (χ2v) is 5.07. The fourth-order valence-corrected chi connectivity index (χ4v) is 2.61. The highest BCUT2D eigenvalue weighted by atomic mass is 16.5. The van der Waals surface area contributed by atoms with Gasteiger partial charge in [0.05, 0.1) is 6.61 Å². The average Bonchev–Trinajstić information content (AvgIpc) is 2.48. The SMILES string of the molecule is CCOC(=O)/C=C(\C)B1Nc2cccc3cccc(c23)N1. The molecule has 0 aromatic heterocycles. The minimum Gasteiger partial charge on any atom is -0.463 e. The van der Waals surface area contributed by atoms with Gasteiger partial charge in [0, 0.05) is 22.8 Å². The summed E-state index contributed by atoms with van der Waals surface area (Å²) in [5, 5.41) is 9.21. The first kappa shape index (κ1) is 13.6. The van der Waals surface area contributed by atoms with E-state index in [1.165, 1.54) is 16.8 Å². The van der Waals surface area contributed by atoms with Crippen molar-refractivity contribution < 1.29 is 9.53 Å². The van der Waals surface area contributed by atoms with Crippen LogP contribution in [-0.4, -0.2) is 19.6 Å². The first-order chi connectivity index (χ1) is 10.2. The molecule has 0 unspecified atom stereocenters. The predicted octanol–water partition coefficient (Wildman–Crippen LogP) is 3.21. The Kier molecular flexibility index (Phi) is 3.56. The van der Waals surface area contributed by atoms with Crippen LogP contribution in [0.5, 0.6) is 0 Å². The Morgan fingerprint density at radius 3 is 2.38 bits per heavy atom. The number of anilines is 2. The second kappa shape index (κ2) is 5.52. The summed E-state index contributed by atoms with van der Waals surface area (Å²) in [4.78, 5) is 11.6. The number of esters is 1. The minimum absolute atomic E-state index is 0.116. The molecule has 1 heterocycles. The molecule has 0 saturated heterocycles. The number of carbonyl (C=O) groups excluding carboxylic acids is 1. The van der Waals surface area contributed by atoms with Crippen LogP contribution in [0, 0.1) is 0 Å². The zero-order valence-electron chi connectivity index (χ0n) is 12.1. The van der Waals surface area contributed by atoms with E-state index in [-0.39, 0.29) is 13.0 Å². The van der Waals surface area contributed by atoms with E-state index in [9.17, 15) is 4.79 Å². The average molecular weight is 280 g/mol. The van der Waals surface area contributed by atoms with Crippen molar-refractivity contribution in [2.45, 2.75) is 13.8 Å². The van der Waals surface area contributed by atoms with Crippen molar-refractivity contribution in [2.75, 3.05) is 17.1 Å². The van der Waals surface area contributed by atoms with Crippen molar-refractivity contribution in [3.8, 4) is 0 Å². The van der Waals surface area contributed by atoms with Crippen LogP contribution in [0.1, 0.15) is 13.8 Å². The highest BCUT2D eigenvalue weighted by molar-refractivity contribution is 6.74. The zero-order valence-corrected chi connectivity index (χ0v) is 12.1. The Morgan fingerprint density at radius 1 is 1.19 bits per heavy atom. The first-order valence-electron chi connectivity index (χ1n) is 7.09. The summed E-state index contributed by atoms with van der Waals surface area (Å²) in [6, 6.07) is 12.3. The van der Waals surface area contributed by atoms with Crippen molar-refractivity contribution in [1.29, 1.82) is 0 Å². The molecule has 106 valence electrons. The van der Waals surface area contributed by atoms with Crippen molar-refractivity contribution in [2.24, 2.45) is 0 Å². The van der Waals surface area contributed by atoms with Crippen LogP contribution in [0.2, 0.25) is 0 Å². The molecule has 5 heteroatoms. The Morgan fingerprint density at radius 2 is 1.81 bits per heavy atom. The Hall–Kier alpha value is -2.43. The standard InChI is InChI=1S/C16H17BN2O2/c1-3-21-15(20)10-11(2)17-18-13-8-4-6-12-7-5-9-14(19-17)16(12)13/h4-10,18-19H,3H2,1-2H3/b11-10+. The highest BCUT2D eigenvalue weighted by Gasteiger charge is 2.25. The Balaban J connectivity index is 1.92. The summed E-state index contributed by atoms with van der Waals surface area (Å²) in [7, 11) is 0. The number of carbonyl (C=O) groups is 1. The summed E-state index contributed by atoms with van der Waals surface area (Å²) in [5.41, 5.74) is 3.03. The molecule has 0 spiro atoms. The number of rotatable bonds is 3. The molecule has 0 fully saturated rings. The monoisotopic (exact) mass is 280 g/mol. The zero-order chi connectivity index (χ0) is 14.8. The number of hydrogen-bond acceptors (Lipinski definition) is 4. The van der Waals surface area contributed by atoms with Gasteiger partial charge >= 0.3 is 13.0 Å². The van der Waals surface area contributed by atoms with Crippen LogP contribution >= 0.6 is 0 Å². The Bertz CT molecular complexity index is 687. The number of ether oxygens (including phenoxy) is 1. The van der Waals surface area contributed by atoms with Crippen LogP contribution in [0.4, 0.5) is 11.4 Å². The molecule has 3 rings (SSSR count). The summed E-state index contributed by atoms with van der Waals surface area (Å²) >= 11 is 0. The lowest BCUT2D eigenvalue weighted by atomic mass is 9.66. The van der Waals surface area contributed by atoms with Gasteiger partial charge in [-0.25, -0.2) is 4.79 Å². The summed E-state index contributed by atoms with van der Waals surface area (Å²) in [6.07, 6.45) is 1.53. The third-order valence-corrected chi connectivity index (χ3v) is 3.59. The van der Waals surface area contributed by atoms with Gasteiger partial charge in [0.15, 0.2) is 0 Å². The van der Waals surface area contributed by atoms with E-state index in [0.29, 0.717) is 6.61 Å². The lowest BCUT2D eigenvalue weighted by Gasteiger charge is -2.27. The molecule has 1 aliphatic heterocycles. The quantitative estimate of drug-likeness (QED) is 0.515. The fourth-order valence-electron chi connectivity index (χ4n) is 2.61. The molecule has 2 N–H and O–H groups in total. The maximum Gasteiger partial charge on any atom is 0.401 e. The number of allylic oxidation sites excluding steroid dienone is 1. The maximum absolute atomic E-state index is 11.6. The van der Waals surface area contributed by atoms with Crippen LogP contribution < -0.4 is 10.5 Å². The van der Waals surface area contributed by atoms with Gasteiger partial charge in [0.1, 0.15) is 0 Å². The van der Waals surface area contributed by atoms with Crippen LogP contribution in [-0.2, 0) is 9.53 Å². The van der Waals surface area contributed by atoms with Crippen LogP contribution in [0.15, 0.2) is 47.9 Å². The summed E-state index contributed by atoms with van der Waals surface area (Å²) < 4.78 is 4.96. The lowest BCUT2D eigenvalue weighted by molar-refractivity contribution is -0.137. The van der Waals surface area contributed by atoms with Gasteiger partial charge in [0.25, 0.3) is 0 Å². The van der Waals surface area contributed by atoms with E-state index < -0.39 is 0 Å². The lowest BCUT2D eigenvalue weighted by Crippen LogP contribution is -2.39. The molecular weight excluding hydrogens is 263 g/mol. The molecule has 1 aliphatic rings. The summed E-state index contributed by atoms with van der Waals surface area (Å²) in [5.74, 6) is -0.310. The molecular formula is C16H17BN2O2. The van der Waals surface area contributed by atoms with Gasteiger partial charge in [-0.2, -0.15) is 0 Å². The predicted molar refractivity (Wildman–Crippen MR) is 87.3 cm³/mol.